The first-order valence-electron chi connectivity index (χ1n) is 7.76. The first-order valence-corrected chi connectivity index (χ1v) is 7.76. The van der Waals surface area contributed by atoms with Gasteiger partial charge in [-0.15, -0.1) is 17.4 Å². The highest BCUT2D eigenvalue weighted by atomic mass is 16.1. The third-order valence-electron chi connectivity index (χ3n) is 4.28. The maximum atomic E-state index is 11.9. The standard InChI is InChI=1S/C15H20N6O/c1-2-3-8-15(18-19-15)9-7-14(22)16-10-12-11-21(20-17-12)13-5-4-6-13/h1,11,13H,3-10H2,(H,16,22). The largest absolute Gasteiger partial charge is 0.350 e. The maximum Gasteiger partial charge on any atom is 0.220 e. The van der Waals surface area contributed by atoms with Crippen LogP contribution in [-0.2, 0) is 11.3 Å². The van der Waals surface area contributed by atoms with Crippen LogP contribution in [0.15, 0.2) is 16.4 Å². The molecule has 0 radical (unpaired) electrons. The molecule has 0 atom stereocenters. The molecule has 0 unspecified atom stereocenters. The van der Waals surface area contributed by atoms with E-state index < -0.39 is 5.66 Å². The number of carbonyl (C=O) groups excluding carboxylic acids is 1. The lowest BCUT2D eigenvalue weighted by Crippen LogP contribution is -2.25. The zero-order chi connectivity index (χ0) is 15.4. The van der Waals surface area contributed by atoms with Crippen molar-refractivity contribution in [3.05, 3.63) is 11.9 Å². The zero-order valence-electron chi connectivity index (χ0n) is 12.5. The lowest BCUT2D eigenvalue weighted by Gasteiger charge is -2.24. The quantitative estimate of drug-likeness (QED) is 0.745. The first kappa shape index (κ1) is 14.7. The minimum absolute atomic E-state index is 0.0180. The van der Waals surface area contributed by atoms with Crippen LogP contribution >= 0.6 is 0 Å². The number of nitrogens with zero attached hydrogens (tertiary/aromatic N) is 5. The van der Waals surface area contributed by atoms with Crippen LogP contribution in [0.4, 0.5) is 0 Å². The van der Waals surface area contributed by atoms with E-state index in [1.807, 2.05) is 10.9 Å². The normalized spacial score (nSPS) is 18.5. The summed E-state index contributed by atoms with van der Waals surface area (Å²) < 4.78 is 1.90. The maximum absolute atomic E-state index is 11.9. The van der Waals surface area contributed by atoms with Gasteiger partial charge in [-0.25, -0.2) is 4.68 Å². The van der Waals surface area contributed by atoms with Crippen LogP contribution in [0.5, 0.6) is 0 Å². The van der Waals surface area contributed by atoms with E-state index in [2.05, 4.69) is 31.8 Å². The van der Waals surface area contributed by atoms with Gasteiger partial charge in [0.25, 0.3) is 0 Å². The number of nitrogens with one attached hydrogen (secondary N) is 1. The van der Waals surface area contributed by atoms with Gasteiger partial charge in [0.05, 0.1) is 18.8 Å². The molecule has 7 heteroatoms. The average Bonchev–Trinajstić information content (AvgIpc) is 3.10. The molecule has 1 fully saturated rings. The summed E-state index contributed by atoms with van der Waals surface area (Å²) in [6.45, 7) is 0.414. The average molecular weight is 300 g/mol. The van der Waals surface area contributed by atoms with Crippen LogP contribution in [0.2, 0.25) is 0 Å². The van der Waals surface area contributed by atoms with Gasteiger partial charge in [-0.2, -0.15) is 10.2 Å². The Balaban J connectivity index is 1.37. The topological polar surface area (TPSA) is 84.5 Å². The van der Waals surface area contributed by atoms with Crippen LogP contribution in [0.3, 0.4) is 0 Å². The summed E-state index contributed by atoms with van der Waals surface area (Å²) >= 11 is 0. The van der Waals surface area contributed by atoms with Gasteiger partial charge in [0, 0.05) is 25.7 Å². The van der Waals surface area contributed by atoms with Crippen molar-refractivity contribution in [2.24, 2.45) is 10.2 Å². The van der Waals surface area contributed by atoms with Gasteiger partial charge in [0.2, 0.25) is 5.91 Å². The van der Waals surface area contributed by atoms with Crippen LogP contribution in [0.1, 0.15) is 56.7 Å². The number of carbonyl (C=O) groups is 1. The summed E-state index contributed by atoms with van der Waals surface area (Å²) in [7, 11) is 0. The van der Waals surface area contributed by atoms with Crippen LogP contribution in [0.25, 0.3) is 0 Å². The molecule has 3 rings (SSSR count). The number of amides is 1. The van der Waals surface area contributed by atoms with E-state index in [1.54, 1.807) is 0 Å². The van der Waals surface area contributed by atoms with Gasteiger partial charge >= 0.3 is 0 Å². The molecule has 1 saturated carbocycles. The van der Waals surface area contributed by atoms with Gasteiger partial charge in [-0.05, 0) is 19.3 Å². The number of aromatic nitrogens is 3. The number of hydrogen-bond acceptors (Lipinski definition) is 5. The van der Waals surface area contributed by atoms with Gasteiger partial charge in [0.15, 0.2) is 5.66 Å². The van der Waals surface area contributed by atoms with Crippen molar-refractivity contribution in [2.45, 2.75) is 63.2 Å². The van der Waals surface area contributed by atoms with Crippen molar-refractivity contribution >= 4 is 5.91 Å². The van der Waals surface area contributed by atoms with Crippen LogP contribution in [-0.4, -0.2) is 26.6 Å². The monoisotopic (exact) mass is 300 g/mol. The smallest absolute Gasteiger partial charge is 0.220 e. The Morgan fingerprint density at radius 3 is 2.91 bits per heavy atom. The van der Waals surface area contributed by atoms with Gasteiger partial charge in [-0.1, -0.05) is 5.21 Å². The van der Waals surface area contributed by atoms with Crippen molar-refractivity contribution < 1.29 is 4.79 Å². The molecule has 1 N–H and O–H groups in total. The van der Waals surface area contributed by atoms with E-state index in [1.165, 1.54) is 19.3 Å². The summed E-state index contributed by atoms with van der Waals surface area (Å²) in [5.74, 6) is 2.56. The van der Waals surface area contributed by atoms with E-state index in [-0.39, 0.29) is 5.91 Å². The number of rotatable bonds is 8. The molecule has 1 aliphatic carbocycles. The molecule has 2 heterocycles. The van der Waals surface area contributed by atoms with E-state index in [0.29, 0.717) is 31.8 Å². The molecule has 1 aromatic rings. The lowest BCUT2D eigenvalue weighted by molar-refractivity contribution is -0.121. The Kier molecular flexibility index (Phi) is 4.18. The highest BCUT2D eigenvalue weighted by Gasteiger charge is 2.39. The summed E-state index contributed by atoms with van der Waals surface area (Å²) in [6.07, 6.45) is 13.1. The Labute approximate surface area is 129 Å². The molecule has 116 valence electrons. The van der Waals surface area contributed by atoms with Crippen molar-refractivity contribution in [3.63, 3.8) is 0 Å². The second kappa shape index (κ2) is 6.26. The molecular formula is C15H20N6O. The lowest BCUT2D eigenvalue weighted by atomic mass is 9.93. The molecule has 1 amide bonds. The summed E-state index contributed by atoms with van der Waals surface area (Å²) in [5.41, 5.74) is 0.403. The van der Waals surface area contributed by atoms with Crippen LogP contribution in [0, 0.1) is 12.3 Å². The van der Waals surface area contributed by atoms with Gasteiger partial charge in [0.1, 0.15) is 5.69 Å². The van der Waals surface area contributed by atoms with Gasteiger partial charge in [-0.3, -0.25) is 4.79 Å². The summed E-state index contributed by atoms with van der Waals surface area (Å²) in [6, 6.07) is 0.492. The highest BCUT2D eigenvalue weighted by Crippen LogP contribution is 2.37. The van der Waals surface area contributed by atoms with Crippen molar-refractivity contribution in [1.29, 1.82) is 0 Å². The Hall–Kier alpha value is -2.23. The fraction of sp³-hybridized carbons (Fsp3) is 0.667. The molecule has 1 aliphatic heterocycles. The second-order valence-electron chi connectivity index (χ2n) is 5.94. The van der Waals surface area contributed by atoms with Crippen LogP contribution < -0.4 is 5.32 Å². The van der Waals surface area contributed by atoms with E-state index in [0.717, 1.165) is 12.1 Å². The second-order valence-corrected chi connectivity index (χ2v) is 5.94. The predicted molar refractivity (Wildman–Crippen MR) is 79.6 cm³/mol. The Morgan fingerprint density at radius 1 is 1.45 bits per heavy atom. The zero-order valence-corrected chi connectivity index (χ0v) is 12.5. The van der Waals surface area contributed by atoms with E-state index >= 15 is 0 Å². The summed E-state index contributed by atoms with van der Waals surface area (Å²) in [4.78, 5) is 11.9. The minimum Gasteiger partial charge on any atom is -0.350 e. The molecule has 0 bridgehead atoms. The molecule has 7 nitrogen and oxygen atoms in total. The van der Waals surface area contributed by atoms with Crippen molar-refractivity contribution in [1.82, 2.24) is 20.3 Å². The Morgan fingerprint density at radius 2 is 2.27 bits per heavy atom. The molecule has 0 aromatic carbocycles. The minimum atomic E-state index is -0.392. The molecule has 0 spiro atoms. The molecular weight excluding hydrogens is 280 g/mol. The SMILES string of the molecule is C#CCCC1(CCC(=O)NCc2cn(C3CCC3)nn2)N=N1. The first-order chi connectivity index (χ1) is 10.7. The van der Waals surface area contributed by atoms with E-state index in [4.69, 9.17) is 6.42 Å². The molecule has 22 heavy (non-hydrogen) atoms. The van der Waals surface area contributed by atoms with Crippen molar-refractivity contribution in [2.75, 3.05) is 0 Å². The number of hydrogen-bond donors (Lipinski definition) is 1. The molecule has 0 saturated heterocycles. The fourth-order valence-electron chi connectivity index (χ4n) is 2.48. The molecule has 2 aliphatic rings. The molecule has 1 aromatic heterocycles. The van der Waals surface area contributed by atoms with E-state index in [9.17, 15) is 4.79 Å². The fourth-order valence-corrected chi connectivity index (χ4v) is 2.48. The third kappa shape index (κ3) is 3.50. The number of terminal acetylenes is 1. The van der Waals surface area contributed by atoms with Crippen molar-refractivity contribution in [3.8, 4) is 12.3 Å². The highest BCUT2D eigenvalue weighted by molar-refractivity contribution is 5.75. The Bertz CT molecular complexity index is 604. The predicted octanol–water partition coefficient (Wildman–Crippen LogP) is 1.97. The third-order valence-corrected chi connectivity index (χ3v) is 4.28. The summed E-state index contributed by atoms with van der Waals surface area (Å²) in [5, 5.41) is 19.1. The van der Waals surface area contributed by atoms with Gasteiger partial charge < -0.3 is 5.32 Å².